The Hall–Kier alpha value is -1.32. The smallest absolute Gasteiger partial charge is 0.300 e. The summed E-state index contributed by atoms with van der Waals surface area (Å²) >= 11 is 0. The summed E-state index contributed by atoms with van der Waals surface area (Å²) in [7, 11) is 3.37. The van der Waals surface area contributed by atoms with Gasteiger partial charge in [0.05, 0.1) is 0 Å². The van der Waals surface area contributed by atoms with E-state index in [0.29, 0.717) is 0 Å². The summed E-state index contributed by atoms with van der Waals surface area (Å²) in [5.74, 6) is -0.889. The van der Waals surface area contributed by atoms with Crippen LogP contribution in [0.4, 0.5) is 0 Å². The first-order valence-electron chi connectivity index (χ1n) is 2.95. The minimum Gasteiger partial charge on any atom is -0.481 e. The van der Waals surface area contributed by atoms with Gasteiger partial charge in [-0.3, -0.25) is 9.59 Å². The van der Waals surface area contributed by atoms with E-state index < -0.39 is 5.97 Å². The molecule has 0 rings (SSSR count). The van der Waals surface area contributed by atoms with Crippen molar-refractivity contribution in [2.24, 2.45) is 0 Å². The van der Waals surface area contributed by atoms with E-state index in [1.807, 2.05) is 0 Å². The second-order valence-electron chi connectivity index (χ2n) is 1.96. The molecule has 0 fully saturated rings. The Kier molecular flexibility index (Phi) is 7.64. The number of rotatable bonds is 1. The van der Waals surface area contributed by atoms with Crippen LogP contribution in [0.3, 0.4) is 0 Å². The highest BCUT2D eigenvalue weighted by Crippen LogP contribution is 1.74. The summed E-state index contributed by atoms with van der Waals surface area (Å²) in [6.45, 7) is 4.37. The summed E-state index contributed by atoms with van der Waals surface area (Å²) in [6, 6.07) is 0. The Morgan fingerprint density at radius 1 is 1.45 bits per heavy atom. The van der Waals surface area contributed by atoms with Crippen LogP contribution < -0.4 is 0 Å². The van der Waals surface area contributed by atoms with E-state index in [-0.39, 0.29) is 5.91 Å². The van der Waals surface area contributed by atoms with Crippen LogP contribution in [-0.2, 0) is 9.59 Å². The molecule has 1 amide bonds. The first-order chi connectivity index (χ1) is 4.91. The third-order valence-electron chi connectivity index (χ3n) is 0.615. The van der Waals surface area contributed by atoms with Crippen molar-refractivity contribution in [3.8, 4) is 0 Å². The highest BCUT2D eigenvalue weighted by Gasteiger charge is 1.91. The lowest BCUT2D eigenvalue weighted by molar-refractivity contribution is -0.134. The van der Waals surface area contributed by atoms with Gasteiger partial charge in [0.2, 0.25) is 5.91 Å². The molecule has 0 aliphatic carbocycles. The number of amides is 1. The fourth-order valence-electron chi connectivity index (χ4n) is 0.183. The van der Waals surface area contributed by atoms with Crippen molar-refractivity contribution in [1.82, 2.24) is 4.90 Å². The van der Waals surface area contributed by atoms with Crippen molar-refractivity contribution in [2.45, 2.75) is 6.92 Å². The van der Waals surface area contributed by atoms with Gasteiger partial charge in [0, 0.05) is 21.0 Å². The van der Waals surface area contributed by atoms with Crippen molar-refractivity contribution in [2.75, 3.05) is 14.1 Å². The normalized spacial score (nSPS) is 7.18. The van der Waals surface area contributed by atoms with Crippen molar-refractivity contribution < 1.29 is 14.7 Å². The number of likely N-dealkylation sites (N-methyl/N-ethyl adjacent to an activating group) is 1. The minimum atomic E-state index is -0.833. The molecule has 0 spiro atoms. The number of carbonyl (C=O) groups is 2. The van der Waals surface area contributed by atoms with Crippen molar-refractivity contribution >= 4 is 11.9 Å². The summed E-state index contributed by atoms with van der Waals surface area (Å²) < 4.78 is 0. The standard InChI is InChI=1S/C5H9NO.C2H4O2/c1-4-5(7)6(2)3;1-2(3)4/h4H,1H2,2-3H3;1H3,(H,3,4). The van der Waals surface area contributed by atoms with Crippen LogP contribution in [0.1, 0.15) is 6.92 Å². The van der Waals surface area contributed by atoms with E-state index in [1.165, 1.54) is 11.0 Å². The molecule has 0 aliphatic heterocycles. The molecule has 4 nitrogen and oxygen atoms in total. The Morgan fingerprint density at radius 3 is 1.73 bits per heavy atom. The average Bonchev–Trinajstić information content (AvgIpc) is 1.85. The number of carboxylic acids is 1. The van der Waals surface area contributed by atoms with Crippen LogP contribution in [0.2, 0.25) is 0 Å². The predicted octanol–water partition coefficient (Wildman–Crippen LogP) is 0.352. The molecule has 0 bridgehead atoms. The maximum absolute atomic E-state index is 10.3. The molecule has 0 aromatic carbocycles. The largest absolute Gasteiger partial charge is 0.481 e. The topological polar surface area (TPSA) is 57.6 Å². The molecule has 0 heterocycles. The molecule has 0 saturated carbocycles. The first-order valence-corrected chi connectivity index (χ1v) is 2.95. The van der Waals surface area contributed by atoms with Gasteiger partial charge in [-0.1, -0.05) is 6.58 Å². The minimum absolute atomic E-state index is 0.0556. The highest BCUT2D eigenvalue weighted by molar-refractivity contribution is 5.86. The molecule has 64 valence electrons. The lowest BCUT2D eigenvalue weighted by Crippen LogP contribution is -2.18. The molecule has 0 saturated heterocycles. The summed E-state index contributed by atoms with van der Waals surface area (Å²) in [5.41, 5.74) is 0. The number of carbonyl (C=O) groups excluding carboxylic acids is 1. The molecule has 0 aromatic heterocycles. The van der Waals surface area contributed by atoms with E-state index in [4.69, 9.17) is 9.90 Å². The Bertz CT molecular complexity index is 148. The van der Waals surface area contributed by atoms with Gasteiger partial charge in [0.25, 0.3) is 5.97 Å². The zero-order valence-corrected chi connectivity index (χ0v) is 7.00. The van der Waals surface area contributed by atoms with Crippen molar-refractivity contribution in [1.29, 1.82) is 0 Å². The molecular weight excluding hydrogens is 146 g/mol. The highest BCUT2D eigenvalue weighted by atomic mass is 16.4. The van der Waals surface area contributed by atoms with Gasteiger partial charge >= 0.3 is 0 Å². The molecule has 11 heavy (non-hydrogen) atoms. The quantitative estimate of drug-likeness (QED) is 0.562. The fraction of sp³-hybridized carbons (Fsp3) is 0.429. The van der Waals surface area contributed by atoms with Gasteiger partial charge in [-0.2, -0.15) is 0 Å². The Morgan fingerprint density at radius 2 is 1.73 bits per heavy atom. The second-order valence-corrected chi connectivity index (χ2v) is 1.96. The molecule has 4 heteroatoms. The number of nitrogens with zero attached hydrogens (tertiary/aromatic N) is 1. The van der Waals surface area contributed by atoms with Crippen LogP contribution >= 0.6 is 0 Å². The zero-order chi connectivity index (χ0) is 9.44. The van der Waals surface area contributed by atoms with Gasteiger partial charge < -0.3 is 10.0 Å². The van der Waals surface area contributed by atoms with Gasteiger partial charge in [-0.15, -0.1) is 0 Å². The molecular formula is C7H13NO3. The van der Waals surface area contributed by atoms with E-state index in [0.717, 1.165) is 6.92 Å². The van der Waals surface area contributed by atoms with Crippen molar-refractivity contribution in [3.05, 3.63) is 12.7 Å². The van der Waals surface area contributed by atoms with Crippen LogP contribution in [0, 0.1) is 0 Å². The van der Waals surface area contributed by atoms with Crippen LogP contribution in [0.15, 0.2) is 12.7 Å². The fourth-order valence-corrected chi connectivity index (χ4v) is 0.183. The van der Waals surface area contributed by atoms with E-state index in [2.05, 4.69) is 6.58 Å². The number of carboxylic acid groups (broad SMARTS) is 1. The molecule has 0 atom stereocenters. The maximum atomic E-state index is 10.3. The third-order valence-corrected chi connectivity index (χ3v) is 0.615. The van der Waals surface area contributed by atoms with E-state index in [9.17, 15) is 4.79 Å². The van der Waals surface area contributed by atoms with Crippen LogP contribution in [0.25, 0.3) is 0 Å². The van der Waals surface area contributed by atoms with Gasteiger partial charge in [-0.25, -0.2) is 0 Å². The molecule has 0 aliphatic rings. The zero-order valence-electron chi connectivity index (χ0n) is 7.00. The van der Waals surface area contributed by atoms with Crippen LogP contribution in [0.5, 0.6) is 0 Å². The summed E-state index contributed by atoms with van der Waals surface area (Å²) in [5, 5.41) is 7.42. The number of hydrogen-bond acceptors (Lipinski definition) is 2. The first kappa shape index (κ1) is 12.4. The van der Waals surface area contributed by atoms with E-state index >= 15 is 0 Å². The Labute approximate surface area is 66.1 Å². The van der Waals surface area contributed by atoms with Crippen LogP contribution in [-0.4, -0.2) is 36.0 Å². The van der Waals surface area contributed by atoms with Gasteiger partial charge in [0.15, 0.2) is 0 Å². The number of aliphatic carboxylic acids is 1. The van der Waals surface area contributed by atoms with Crippen molar-refractivity contribution in [3.63, 3.8) is 0 Å². The summed E-state index contributed by atoms with van der Waals surface area (Å²) in [4.78, 5) is 20.8. The molecule has 0 radical (unpaired) electrons. The summed E-state index contributed by atoms with van der Waals surface area (Å²) in [6.07, 6.45) is 1.28. The monoisotopic (exact) mass is 159 g/mol. The van der Waals surface area contributed by atoms with E-state index in [1.54, 1.807) is 14.1 Å². The molecule has 0 unspecified atom stereocenters. The second kappa shape index (κ2) is 6.80. The Balaban J connectivity index is 0. The van der Waals surface area contributed by atoms with Gasteiger partial charge in [0.1, 0.15) is 0 Å². The predicted molar refractivity (Wildman–Crippen MR) is 42.2 cm³/mol. The lowest BCUT2D eigenvalue weighted by atomic mass is 10.5. The molecule has 1 N–H and O–H groups in total. The maximum Gasteiger partial charge on any atom is 0.300 e. The average molecular weight is 159 g/mol. The lowest BCUT2D eigenvalue weighted by Gasteiger charge is -2.03. The molecule has 0 aromatic rings. The van der Waals surface area contributed by atoms with Gasteiger partial charge in [-0.05, 0) is 6.08 Å². The SMILES string of the molecule is C=CC(=O)N(C)C.CC(=O)O. The third kappa shape index (κ3) is 17.7. The number of hydrogen-bond donors (Lipinski definition) is 1.